The number of esters is 1. The molecule has 0 spiro atoms. The van der Waals surface area contributed by atoms with Crippen LogP contribution < -0.4 is 4.74 Å². The molecule has 1 atom stereocenters. The van der Waals surface area contributed by atoms with Crippen LogP contribution >= 0.6 is 27.3 Å². The number of benzene rings is 1. The number of piperidine rings is 1. The zero-order chi connectivity index (χ0) is 20.1. The van der Waals surface area contributed by atoms with Crippen LogP contribution in [0.3, 0.4) is 0 Å². The van der Waals surface area contributed by atoms with E-state index >= 15 is 0 Å². The largest absolute Gasteiger partial charge is 0.496 e. The van der Waals surface area contributed by atoms with Gasteiger partial charge in [-0.15, -0.1) is 11.3 Å². The van der Waals surface area contributed by atoms with Gasteiger partial charge in [-0.05, 0) is 31.0 Å². The smallest absolute Gasteiger partial charge is 0.311 e. The average Bonchev–Trinajstić information content (AvgIpc) is 3.20. The van der Waals surface area contributed by atoms with Gasteiger partial charge in [-0.2, -0.15) is 0 Å². The molecule has 1 aromatic heterocycles. The first-order valence-electron chi connectivity index (χ1n) is 9.24. The minimum atomic E-state index is -0.261. The summed E-state index contributed by atoms with van der Waals surface area (Å²) < 4.78 is 11.8. The van der Waals surface area contributed by atoms with Crippen LogP contribution in [0.15, 0.2) is 28.1 Å². The van der Waals surface area contributed by atoms with E-state index in [0.29, 0.717) is 18.7 Å². The number of ether oxygens (including phenoxy) is 2. The molecular formula is C20H23BrN2O4S. The van der Waals surface area contributed by atoms with Crippen molar-refractivity contribution in [2.75, 3.05) is 20.2 Å². The lowest BCUT2D eigenvalue weighted by atomic mass is 9.98. The summed E-state index contributed by atoms with van der Waals surface area (Å²) in [6.07, 6.45) is 2.04. The van der Waals surface area contributed by atoms with Crippen molar-refractivity contribution in [3.8, 4) is 16.3 Å². The zero-order valence-corrected chi connectivity index (χ0v) is 18.3. The van der Waals surface area contributed by atoms with E-state index < -0.39 is 0 Å². The summed E-state index contributed by atoms with van der Waals surface area (Å²) in [6.45, 7) is 3.14. The van der Waals surface area contributed by atoms with Crippen molar-refractivity contribution in [1.82, 2.24) is 9.88 Å². The van der Waals surface area contributed by atoms with E-state index in [4.69, 9.17) is 9.47 Å². The Labute approximate surface area is 177 Å². The van der Waals surface area contributed by atoms with Gasteiger partial charge in [-0.1, -0.05) is 22.9 Å². The monoisotopic (exact) mass is 466 g/mol. The predicted octanol–water partition coefficient (Wildman–Crippen LogP) is 4.27. The average molecular weight is 467 g/mol. The molecule has 2 heterocycles. The molecule has 2 aromatic rings. The van der Waals surface area contributed by atoms with E-state index in [1.54, 1.807) is 12.0 Å². The minimum absolute atomic E-state index is 0.0876. The lowest BCUT2D eigenvalue weighted by Crippen LogP contribution is -2.42. The first-order chi connectivity index (χ1) is 13.5. The Morgan fingerprint density at radius 2 is 2.21 bits per heavy atom. The molecule has 1 unspecified atom stereocenters. The maximum Gasteiger partial charge on any atom is 0.311 e. The lowest BCUT2D eigenvalue weighted by molar-refractivity contribution is -0.153. The van der Waals surface area contributed by atoms with E-state index in [-0.39, 0.29) is 24.4 Å². The maximum atomic E-state index is 12.4. The number of rotatable bonds is 6. The van der Waals surface area contributed by atoms with Gasteiger partial charge in [-0.25, -0.2) is 4.98 Å². The molecule has 0 saturated carbocycles. The molecule has 0 N–H and O–H groups in total. The number of hydrogen-bond donors (Lipinski definition) is 0. The third-order valence-electron chi connectivity index (χ3n) is 4.72. The number of methoxy groups -OCH3 is 1. The number of likely N-dealkylation sites (tertiary alicyclic amines) is 1. The predicted molar refractivity (Wildman–Crippen MR) is 111 cm³/mol. The van der Waals surface area contributed by atoms with E-state index in [0.717, 1.165) is 40.2 Å². The molecule has 28 heavy (non-hydrogen) atoms. The van der Waals surface area contributed by atoms with Gasteiger partial charge in [0.25, 0.3) is 0 Å². The van der Waals surface area contributed by atoms with Crippen LogP contribution in [0, 0.1) is 5.92 Å². The van der Waals surface area contributed by atoms with Crippen molar-refractivity contribution in [2.24, 2.45) is 5.92 Å². The number of aromatic nitrogens is 1. The molecule has 6 nitrogen and oxygen atoms in total. The summed E-state index contributed by atoms with van der Waals surface area (Å²) >= 11 is 4.95. The van der Waals surface area contributed by atoms with Gasteiger partial charge in [-0.3, -0.25) is 9.59 Å². The summed E-state index contributed by atoms with van der Waals surface area (Å²) in [4.78, 5) is 30.7. The van der Waals surface area contributed by atoms with Gasteiger partial charge < -0.3 is 14.4 Å². The van der Waals surface area contributed by atoms with Crippen LogP contribution in [-0.2, 0) is 20.9 Å². The van der Waals surface area contributed by atoms with E-state index in [1.165, 1.54) is 11.3 Å². The van der Waals surface area contributed by atoms with Crippen LogP contribution in [0.1, 0.15) is 31.9 Å². The Morgan fingerprint density at radius 3 is 2.96 bits per heavy atom. The molecule has 0 aliphatic carbocycles. The minimum Gasteiger partial charge on any atom is -0.496 e. The Balaban J connectivity index is 1.61. The summed E-state index contributed by atoms with van der Waals surface area (Å²) in [7, 11) is 1.62. The molecule has 1 saturated heterocycles. The fourth-order valence-electron chi connectivity index (χ4n) is 3.23. The topological polar surface area (TPSA) is 68.7 Å². The van der Waals surface area contributed by atoms with Crippen molar-refractivity contribution in [1.29, 1.82) is 0 Å². The summed E-state index contributed by atoms with van der Waals surface area (Å²) in [5.74, 6) is 0.310. The van der Waals surface area contributed by atoms with Crippen molar-refractivity contribution >= 4 is 39.1 Å². The van der Waals surface area contributed by atoms with Gasteiger partial charge in [0, 0.05) is 29.4 Å². The third kappa shape index (κ3) is 4.91. The quantitative estimate of drug-likeness (QED) is 0.594. The van der Waals surface area contributed by atoms with Crippen LogP contribution in [0.25, 0.3) is 10.6 Å². The highest BCUT2D eigenvalue weighted by molar-refractivity contribution is 9.10. The standard InChI is InChI=1S/C20H23BrN2O4S/c1-3-18(24)23-8-4-5-13(10-23)20(25)27-11-15-12-28-19(22-15)16-9-14(21)6-7-17(16)26-2/h6-7,9,12-13H,3-5,8,10-11H2,1-2H3. The van der Waals surface area contributed by atoms with Crippen LogP contribution in [0.5, 0.6) is 5.75 Å². The van der Waals surface area contributed by atoms with Crippen molar-refractivity contribution < 1.29 is 19.1 Å². The molecule has 1 aliphatic heterocycles. The number of carbonyl (C=O) groups is 2. The second-order valence-electron chi connectivity index (χ2n) is 6.63. The van der Waals surface area contributed by atoms with Crippen molar-refractivity contribution in [3.05, 3.63) is 33.7 Å². The van der Waals surface area contributed by atoms with Crippen LogP contribution in [0.4, 0.5) is 0 Å². The van der Waals surface area contributed by atoms with Gasteiger partial charge in [0.05, 0.1) is 24.3 Å². The Hall–Kier alpha value is -1.93. The summed E-state index contributed by atoms with van der Waals surface area (Å²) in [5, 5.41) is 2.69. The third-order valence-corrected chi connectivity index (χ3v) is 6.13. The highest BCUT2D eigenvalue weighted by Gasteiger charge is 2.29. The van der Waals surface area contributed by atoms with Crippen LogP contribution in [0.2, 0.25) is 0 Å². The van der Waals surface area contributed by atoms with Gasteiger partial charge in [0.15, 0.2) is 0 Å². The first-order valence-corrected chi connectivity index (χ1v) is 10.9. The second-order valence-corrected chi connectivity index (χ2v) is 8.40. The molecule has 1 aromatic carbocycles. The van der Waals surface area contributed by atoms with Gasteiger partial charge in [0.1, 0.15) is 17.4 Å². The summed E-state index contributed by atoms with van der Waals surface area (Å²) in [6, 6.07) is 5.75. The SMILES string of the molecule is CCC(=O)N1CCCC(C(=O)OCc2csc(-c3cc(Br)ccc3OC)n2)C1. The molecule has 150 valence electrons. The number of carbonyl (C=O) groups excluding carboxylic acids is 2. The zero-order valence-electron chi connectivity index (χ0n) is 15.9. The number of amides is 1. The Kier molecular flexibility index (Phi) is 7.07. The van der Waals surface area contributed by atoms with Gasteiger partial charge in [0.2, 0.25) is 5.91 Å². The van der Waals surface area contributed by atoms with E-state index in [2.05, 4.69) is 20.9 Å². The number of hydrogen-bond acceptors (Lipinski definition) is 6. The molecule has 1 aliphatic rings. The molecule has 0 bridgehead atoms. The molecule has 8 heteroatoms. The highest BCUT2D eigenvalue weighted by atomic mass is 79.9. The fourth-order valence-corrected chi connectivity index (χ4v) is 4.41. The van der Waals surface area contributed by atoms with E-state index in [1.807, 2.05) is 30.5 Å². The number of halogens is 1. The number of nitrogens with zero attached hydrogens (tertiary/aromatic N) is 2. The number of thiazole rings is 1. The molecule has 1 amide bonds. The molecule has 1 fully saturated rings. The second kappa shape index (κ2) is 9.52. The molecule has 0 radical (unpaired) electrons. The normalized spacial score (nSPS) is 16.7. The van der Waals surface area contributed by atoms with Crippen LogP contribution in [-0.4, -0.2) is 42.0 Å². The van der Waals surface area contributed by atoms with Crippen molar-refractivity contribution in [3.63, 3.8) is 0 Å². The molecule has 3 rings (SSSR count). The maximum absolute atomic E-state index is 12.4. The lowest BCUT2D eigenvalue weighted by Gasteiger charge is -2.31. The van der Waals surface area contributed by atoms with E-state index in [9.17, 15) is 9.59 Å². The van der Waals surface area contributed by atoms with Crippen molar-refractivity contribution in [2.45, 2.75) is 32.8 Å². The summed E-state index contributed by atoms with van der Waals surface area (Å²) in [5.41, 5.74) is 1.59. The Morgan fingerprint density at radius 1 is 1.39 bits per heavy atom. The Bertz CT molecular complexity index is 854. The fraction of sp³-hybridized carbons (Fsp3) is 0.450. The first kappa shape index (κ1) is 20.8. The highest BCUT2D eigenvalue weighted by Crippen LogP contribution is 2.34. The molecular weight excluding hydrogens is 444 g/mol. The van der Waals surface area contributed by atoms with Gasteiger partial charge >= 0.3 is 5.97 Å².